The summed E-state index contributed by atoms with van der Waals surface area (Å²) in [6.07, 6.45) is 16.7. The summed E-state index contributed by atoms with van der Waals surface area (Å²) in [6, 6.07) is 0. The molecule has 0 aliphatic carbocycles. The first kappa shape index (κ1) is 27.3. The lowest BCUT2D eigenvalue weighted by molar-refractivity contribution is -0.0958. The van der Waals surface area contributed by atoms with Gasteiger partial charge in [0.25, 0.3) is 0 Å². The molecule has 0 unspecified atom stereocenters. The van der Waals surface area contributed by atoms with Crippen molar-refractivity contribution in [2.75, 3.05) is 6.61 Å². The first-order valence-electron chi connectivity index (χ1n) is 13.3. The predicted molar refractivity (Wildman–Crippen MR) is 132 cm³/mol. The molecular weight excluding hydrogens is 404 g/mol. The summed E-state index contributed by atoms with van der Waals surface area (Å²) in [6.45, 7) is 14.1. The highest BCUT2D eigenvalue weighted by Gasteiger charge is 2.44. The largest absolute Gasteiger partial charge is 0.411 e. The maximum absolute atomic E-state index is 9.39. The number of hydrogen-bond acceptors (Lipinski definition) is 4. The van der Waals surface area contributed by atoms with Crippen LogP contribution in [0.1, 0.15) is 111 Å². The van der Waals surface area contributed by atoms with Gasteiger partial charge in [0.2, 0.25) is 0 Å². The Morgan fingerprint density at radius 1 is 0.871 bits per heavy atom. The fourth-order valence-corrected chi connectivity index (χ4v) is 6.11. The Bertz CT molecular complexity index is 490. The predicted octanol–water partition coefficient (Wildman–Crippen LogP) is 7.00. The number of rotatable bonds is 14. The van der Waals surface area contributed by atoms with Crippen molar-refractivity contribution in [1.29, 1.82) is 0 Å². The van der Waals surface area contributed by atoms with Gasteiger partial charge in [0.15, 0.2) is 8.32 Å². The number of unbranched alkanes of at least 4 members (excludes halogenated alkanes) is 7. The molecule has 0 aromatic rings. The summed E-state index contributed by atoms with van der Waals surface area (Å²) in [4.78, 5) is 0. The minimum Gasteiger partial charge on any atom is -0.411 e. The molecule has 0 aromatic heterocycles. The Morgan fingerprint density at radius 2 is 1.45 bits per heavy atom. The van der Waals surface area contributed by atoms with E-state index in [0.717, 1.165) is 32.1 Å². The smallest absolute Gasteiger partial charge is 0.192 e. The Hall–Kier alpha value is 0.0569. The lowest BCUT2D eigenvalue weighted by atomic mass is 10.0. The van der Waals surface area contributed by atoms with Crippen LogP contribution < -0.4 is 0 Å². The summed E-state index contributed by atoms with van der Waals surface area (Å²) in [5.41, 5.74) is 0. The summed E-state index contributed by atoms with van der Waals surface area (Å²) < 4.78 is 19.5. The molecule has 31 heavy (non-hydrogen) atoms. The van der Waals surface area contributed by atoms with Gasteiger partial charge in [-0.05, 0) is 50.2 Å². The lowest BCUT2D eigenvalue weighted by Crippen LogP contribution is -2.47. The molecule has 0 spiro atoms. The van der Waals surface area contributed by atoms with Crippen LogP contribution in [0.4, 0.5) is 0 Å². The molecule has 2 aliphatic rings. The van der Waals surface area contributed by atoms with Crippen LogP contribution in [0.5, 0.6) is 0 Å². The third kappa shape index (κ3) is 8.73. The Morgan fingerprint density at radius 3 is 2.03 bits per heavy atom. The van der Waals surface area contributed by atoms with E-state index < -0.39 is 8.32 Å². The molecule has 184 valence electrons. The van der Waals surface area contributed by atoms with Crippen molar-refractivity contribution < 1.29 is 19.0 Å². The molecule has 0 radical (unpaired) electrons. The summed E-state index contributed by atoms with van der Waals surface area (Å²) in [5.74, 6) is 0. The number of hydrogen-bond donors (Lipinski definition) is 1. The van der Waals surface area contributed by atoms with Crippen molar-refractivity contribution in [3.05, 3.63) is 0 Å². The molecule has 0 bridgehead atoms. The van der Waals surface area contributed by atoms with Gasteiger partial charge in [-0.1, -0.05) is 79.1 Å². The molecule has 4 nitrogen and oxygen atoms in total. The number of aliphatic hydroxyl groups is 1. The number of aliphatic hydroxyl groups excluding tert-OH is 1. The van der Waals surface area contributed by atoms with Crippen LogP contribution in [0.25, 0.3) is 0 Å². The fourth-order valence-electron chi connectivity index (χ4n) is 4.73. The van der Waals surface area contributed by atoms with Crippen molar-refractivity contribution >= 4 is 8.32 Å². The molecular formula is C26H52O4Si. The first-order valence-corrected chi connectivity index (χ1v) is 16.2. The highest BCUT2D eigenvalue weighted by molar-refractivity contribution is 6.74. The minimum absolute atomic E-state index is 0.00394. The second kappa shape index (κ2) is 13.1. The highest BCUT2D eigenvalue weighted by Crippen LogP contribution is 2.40. The fraction of sp³-hybridized carbons (Fsp3) is 1.00. The molecule has 0 saturated carbocycles. The summed E-state index contributed by atoms with van der Waals surface area (Å²) >= 11 is 0. The van der Waals surface area contributed by atoms with Gasteiger partial charge in [-0.25, -0.2) is 0 Å². The molecule has 5 heteroatoms. The Kier molecular flexibility index (Phi) is 11.5. The van der Waals surface area contributed by atoms with Crippen LogP contribution in [0.2, 0.25) is 18.1 Å². The van der Waals surface area contributed by atoms with Crippen molar-refractivity contribution in [2.45, 2.75) is 160 Å². The van der Waals surface area contributed by atoms with E-state index >= 15 is 0 Å². The second-order valence-corrected chi connectivity index (χ2v) is 16.3. The summed E-state index contributed by atoms with van der Waals surface area (Å²) in [7, 11) is -1.84. The van der Waals surface area contributed by atoms with E-state index in [9.17, 15) is 5.11 Å². The average molecular weight is 457 g/mol. The van der Waals surface area contributed by atoms with Gasteiger partial charge in [-0.2, -0.15) is 0 Å². The van der Waals surface area contributed by atoms with E-state index in [-0.39, 0.29) is 42.2 Å². The maximum atomic E-state index is 9.39. The van der Waals surface area contributed by atoms with E-state index in [4.69, 9.17) is 13.9 Å². The van der Waals surface area contributed by atoms with Crippen molar-refractivity contribution in [2.24, 2.45) is 0 Å². The Labute approximate surface area is 193 Å². The zero-order valence-electron chi connectivity index (χ0n) is 21.5. The Balaban J connectivity index is 1.86. The topological polar surface area (TPSA) is 47.9 Å². The van der Waals surface area contributed by atoms with Crippen LogP contribution in [-0.4, -0.2) is 50.6 Å². The third-order valence-electron chi connectivity index (χ3n) is 7.85. The molecule has 2 aliphatic heterocycles. The SMILES string of the molecule is CCCCCCCCCC[C@@H](O[Si](C)(C)C(C)(C)C)[C@H]1CC[C@H]([C@H]2CC[C@H](CO)O2)O1. The van der Waals surface area contributed by atoms with E-state index in [1.807, 2.05) is 0 Å². The quantitative estimate of drug-likeness (QED) is 0.226. The van der Waals surface area contributed by atoms with Gasteiger partial charge in [-0.3, -0.25) is 0 Å². The van der Waals surface area contributed by atoms with Crippen LogP contribution in [0.15, 0.2) is 0 Å². The van der Waals surface area contributed by atoms with E-state index in [2.05, 4.69) is 40.8 Å². The lowest BCUT2D eigenvalue weighted by Gasteiger charge is -2.41. The molecule has 0 aromatic carbocycles. The van der Waals surface area contributed by atoms with Crippen LogP contribution >= 0.6 is 0 Å². The molecule has 1 N–H and O–H groups in total. The summed E-state index contributed by atoms with van der Waals surface area (Å²) in [5, 5.41) is 9.60. The van der Waals surface area contributed by atoms with Gasteiger partial charge in [-0.15, -0.1) is 0 Å². The normalized spacial score (nSPS) is 28.4. The van der Waals surface area contributed by atoms with Crippen molar-refractivity contribution in [1.82, 2.24) is 0 Å². The molecule has 2 rings (SSSR count). The van der Waals surface area contributed by atoms with Gasteiger partial charge < -0.3 is 19.0 Å². The van der Waals surface area contributed by atoms with Gasteiger partial charge >= 0.3 is 0 Å². The molecule has 2 saturated heterocycles. The minimum atomic E-state index is -1.84. The number of ether oxygens (including phenoxy) is 2. The van der Waals surface area contributed by atoms with E-state index in [0.29, 0.717) is 0 Å². The van der Waals surface area contributed by atoms with Crippen LogP contribution in [0, 0.1) is 0 Å². The molecule has 2 fully saturated rings. The van der Waals surface area contributed by atoms with Crippen LogP contribution in [-0.2, 0) is 13.9 Å². The second-order valence-electron chi connectivity index (χ2n) is 11.5. The third-order valence-corrected chi connectivity index (χ3v) is 12.4. The van der Waals surface area contributed by atoms with E-state index in [1.54, 1.807) is 0 Å². The van der Waals surface area contributed by atoms with Gasteiger partial charge in [0.1, 0.15) is 0 Å². The maximum Gasteiger partial charge on any atom is 0.192 e. The molecule has 0 amide bonds. The van der Waals surface area contributed by atoms with E-state index in [1.165, 1.54) is 51.4 Å². The average Bonchev–Trinajstić information content (AvgIpc) is 3.37. The van der Waals surface area contributed by atoms with Crippen LogP contribution in [0.3, 0.4) is 0 Å². The standard InChI is InChI=1S/C26H52O4Si/c1-7-8-9-10-11-12-13-14-15-25(30-31(5,6)26(2,3)4)24-19-18-23(29-24)22-17-16-21(20-27)28-22/h21-25,27H,7-20H2,1-6H3/t21-,22-,23-,24-,25-/m1/s1. The zero-order valence-corrected chi connectivity index (χ0v) is 22.5. The van der Waals surface area contributed by atoms with Crippen molar-refractivity contribution in [3.8, 4) is 0 Å². The van der Waals surface area contributed by atoms with Crippen molar-refractivity contribution in [3.63, 3.8) is 0 Å². The van der Waals surface area contributed by atoms with Gasteiger partial charge in [0.05, 0.1) is 37.1 Å². The molecule has 2 heterocycles. The van der Waals surface area contributed by atoms with Gasteiger partial charge in [0, 0.05) is 0 Å². The highest BCUT2D eigenvalue weighted by atomic mass is 28.4. The monoisotopic (exact) mass is 456 g/mol. The first-order chi connectivity index (χ1) is 14.7. The zero-order chi connectivity index (χ0) is 22.9. The molecule has 5 atom stereocenters.